The van der Waals surface area contributed by atoms with Crippen molar-refractivity contribution in [2.45, 2.75) is 18.4 Å². The van der Waals surface area contributed by atoms with Crippen LogP contribution in [0, 0.1) is 5.82 Å². The van der Waals surface area contributed by atoms with Gasteiger partial charge in [-0.2, -0.15) is 0 Å². The predicted octanol–water partition coefficient (Wildman–Crippen LogP) is 6.45. The van der Waals surface area contributed by atoms with Gasteiger partial charge < -0.3 is 19.8 Å². The van der Waals surface area contributed by atoms with Crippen LogP contribution in [0.4, 0.5) is 10.1 Å². The van der Waals surface area contributed by atoms with Gasteiger partial charge in [-0.3, -0.25) is 19.6 Å². The molecular formula is C34H30FN3O6. The van der Waals surface area contributed by atoms with E-state index in [0.717, 1.165) is 18.4 Å². The molecule has 4 aromatic carbocycles. The normalized spacial score (nSPS) is 13.4. The number of anilines is 1. The highest BCUT2D eigenvalue weighted by Crippen LogP contribution is 2.46. The molecule has 6 rings (SSSR count). The Balaban J connectivity index is 1.50. The largest absolute Gasteiger partial charge is 0.496 e. The summed E-state index contributed by atoms with van der Waals surface area (Å²) in [5, 5.41) is 17.6. The van der Waals surface area contributed by atoms with E-state index in [-0.39, 0.29) is 28.5 Å². The Morgan fingerprint density at radius 2 is 1.66 bits per heavy atom. The van der Waals surface area contributed by atoms with Crippen molar-refractivity contribution in [2.24, 2.45) is 0 Å². The number of furan rings is 1. The fourth-order valence-electron chi connectivity index (χ4n) is 5.48. The van der Waals surface area contributed by atoms with E-state index in [9.17, 15) is 19.2 Å². The number of amides is 2. The molecule has 3 N–H and O–H groups in total. The Bertz CT molecular complexity index is 1870. The number of rotatable bonds is 9. The summed E-state index contributed by atoms with van der Waals surface area (Å²) in [5.74, 6) is -0.484. The van der Waals surface area contributed by atoms with E-state index >= 15 is 0 Å². The molecule has 1 fully saturated rings. The van der Waals surface area contributed by atoms with Gasteiger partial charge in [0.05, 0.1) is 25.3 Å². The van der Waals surface area contributed by atoms with Gasteiger partial charge in [0, 0.05) is 40.8 Å². The van der Waals surface area contributed by atoms with E-state index in [0.29, 0.717) is 38.6 Å². The number of benzene rings is 4. The molecule has 10 heteroatoms. The van der Waals surface area contributed by atoms with E-state index in [1.165, 1.54) is 51.6 Å². The number of ether oxygens (including phenoxy) is 1. The molecule has 1 aromatic heterocycles. The molecule has 0 atom stereocenters. The van der Waals surface area contributed by atoms with Gasteiger partial charge >= 0.3 is 0 Å². The second kappa shape index (κ2) is 11.5. The maximum absolute atomic E-state index is 13.7. The summed E-state index contributed by atoms with van der Waals surface area (Å²) < 4.78 is 25.5. The monoisotopic (exact) mass is 595 g/mol. The van der Waals surface area contributed by atoms with Crippen LogP contribution < -0.4 is 20.6 Å². The van der Waals surface area contributed by atoms with Crippen LogP contribution in [0.5, 0.6) is 5.75 Å². The minimum absolute atomic E-state index is 0.168. The Kier molecular flexibility index (Phi) is 7.54. The average molecular weight is 596 g/mol. The fourth-order valence-corrected chi connectivity index (χ4v) is 5.48. The lowest BCUT2D eigenvalue weighted by atomic mass is 9.96. The molecule has 1 saturated carbocycles. The van der Waals surface area contributed by atoms with Crippen LogP contribution in [0.1, 0.15) is 39.1 Å². The van der Waals surface area contributed by atoms with Crippen molar-refractivity contribution in [3.05, 3.63) is 107 Å². The summed E-state index contributed by atoms with van der Waals surface area (Å²) in [7, 11) is 4.28. The number of nitrogens with one attached hydrogen (secondary N) is 2. The molecule has 1 aliphatic rings. The van der Waals surface area contributed by atoms with Crippen LogP contribution in [-0.4, -0.2) is 38.3 Å². The summed E-state index contributed by atoms with van der Waals surface area (Å²) in [6.07, 6.45) is 1.66. The number of halogens is 1. The van der Waals surface area contributed by atoms with Crippen molar-refractivity contribution in [1.82, 2.24) is 10.6 Å². The van der Waals surface area contributed by atoms with Gasteiger partial charge in [-0.25, -0.2) is 4.39 Å². The number of fused-ring (bicyclic) bond motifs is 1. The highest BCUT2D eigenvalue weighted by atomic mass is 19.1. The number of hydrogen-bond donors (Lipinski definition) is 3. The number of hydrogen-bond acceptors (Lipinski definition) is 7. The van der Waals surface area contributed by atoms with Crippen LogP contribution >= 0.6 is 0 Å². The van der Waals surface area contributed by atoms with Crippen molar-refractivity contribution < 1.29 is 33.2 Å². The molecule has 224 valence electrons. The third kappa shape index (κ3) is 5.14. The van der Waals surface area contributed by atoms with Crippen LogP contribution in [0.3, 0.4) is 0 Å². The van der Waals surface area contributed by atoms with Gasteiger partial charge in [0.1, 0.15) is 28.6 Å². The summed E-state index contributed by atoms with van der Waals surface area (Å²) in [4.78, 5) is 31.9. The molecule has 0 radical (unpaired) electrons. The van der Waals surface area contributed by atoms with E-state index in [1.54, 1.807) is 24.3 Å². The Morgan fingerprint density at radius 1 is 0.932 bits per heavy atom. The van der Waals surface area contributed by atoms with Crippen molar-refractivity contribution in [1.29, 1.82) is 0 Å². The molecule has 44 heavy (non-hydrogen) atoms. The third-order valence-electron chi connectivity index (χ3n) is 7.93. The minimum Gasteiger partial charge on any atom is -0.496 e. The van der Waals surface area contributed by atoms with Crippen molar-refractivity contribution in [3.63, 3.8) is 0 Å². The summed E-state index contributed by atoms with van der Waals surface area (Å²) >= 11 is 0. The lowest BCUT2D eigenvalue weighted by Crippen LogP contribution is -2.34. The number of methoxy groups -OCH3 is 1. The van der Waals surface area contributed by atoms with Gasteiger partial charge in [0.2, 0.25) is 0 Å². The Hall–Kier alpha value is -5.19. The van der Waals surface area contributed by atoms with Crippen LogP contribution in [-0.2, 0) is 10.4 Å². The quantitative estimate of drug-likeness (QED) is 0.168. The topological polar surface area (TPSA) is 113 Å². The molecule has 0 saturated heterocycles. The van der Waals surface area contributed by atoms with Gasteiger partial charge in [-0.1, -0.05) is 30.3 Å². The molecule has 0 aliphatic heterocycles. The second-order valence-corrected chi connectivity index (χ2v) is 10.5. The fraction of sp³-hybridized carbons (Fsp3) is 0.176. The molecule has 2 amide bonds. The first-order valence-electron chi connectivity index (χ1n) is 14.0. The standard InChI is InChI=1S/C34H30FN3O6/c1-36-33(40)30-26-18-24(27(38(41)43-3)19-29(26)44-31(30)20-9-12-23(35)13-10-20)25-17-21(11-14-28(25)42-2)32(39)37-34(15-16-34)22-7-5-4-6-8-22/h4-14,17-19,41H,15-16H2,1-3H3,(H,36,40)(H,37,39). The zero-order chi connectivity index (χ0) is 31.0. The molecule has 9 nitrogen and oxygen atoms in total. The van der Waals surface area contributed by atoms with E-state index in [1.807, 2.05) is 30.3 Å². The van der Waals surface area contributed by atoms with Gasteiger partial charge in [-0.15, -0.1) is 5.23 Å². The third-order valence-corrected chi connectivity index (χ3v) is 7.93. The van der Waals surface area contributed by atoms with Gasteiger partial charge in [0.15, 0.2) is 0 Å². The number of nitrogens with zero attached hydrogens (tertiary/aromatic N) is 1. The smallest absolute Gasteiger partial charge is 0.255 e. The maximum atomic E-state index is 13.7. The Morgan fingerprint density at radius 3 is 2.30 bits per heavy atom. The minimum atomic E-state index is -0.431. The molecule has 0 unspecified atom stereocenters. The highest BCUT2D eigenvalue weighted by molar-refractivity contribution is 6.13. The molecule has 0 bridgehead atoms. The molecule has 5 aromatic rings. The van der Waals surface area contributed by atoms with Gasteiger partial charge in [0.25, 0.3) is 11.8 Å². The van der Waals surface area contributed by atoms with E-state index in [4.69, 9.17) is 14.0 Å². The predicted molar refractivity (Wildman–Crippen MR) is 163 cm³/mol. The maximum Gasteiger partial charge on any atom is 0.255 e. The number of carbonyl (C=O) groups excluding carboxylic acids is 2. The van der Waals surface area contributed by atoms with Crippen molar-refractivity contribution in [3.8, 4) is 28.2 Å². The SMILES string of the molecule is CNC(=O)c1c(-c2ccc(F)cc2)oc2cc(N(O)OC)c(-c3cc(C(=O)NC4(c5ccccc5)CC4)ccc3OC)cc12. The van der Waals surface area contributed by atoms with Gasteiger partial charge in [-0.05, 0) is 66.9 Å². The van der Waals surface area contributed by atoms with Crippen LogP contribution in [0.15, 0.2) is 89.3 Å². The molecule has 1 heterocycles. The lowest BCUT2D eigenvalue weighted by Gasteiger charge is -2.21. The van der Waals surface area contributed by atoms with Crippen molar-refractivity contribution in [2.75, 3.05) is 26.5 Å². The van der Waals surface area contributed by atoms with Crippen LogP contribution in [0.2, 0.25) is 0 Å². The highest BCUT2D eigenvalue weighted by Gasteiger charge is 2.45. The Labute approximate surface area is 252 Å². The molecular weight excluding hydrogens is 565 g/mol. The van der Waals surface area contributed by atoms with E-state index < -0.39 is 17.3 Å². The number of carbonyl (C=O) groups is 2. The van der Waals surface area contributed by atoms with Crippen LogP contribution in [0.25, 0.3) is 33.4 Å². The molecule has 1 aliphatic carbocycles. The summed E-state index contributed by atoms with van der Waals surface area (Å²) in [6, 6.07) is 23.6. The summed E-state index contributed by atoms with van der Waals surface area (Å²) in [5.41, 5.74) is 3.00. The zero-order valence-corrected chi connectivity index (χ0v) is 24.3. The average Bonchev–Trinajstić information content (AvgIpc) is 3.75. The first kappa shape index (κ1) is 28.9. The lowest BCUT2D eigenvalue weighted by molar-refractivity contribution is -0.0106. The first-order valence-corrected chi connectivity index (χ1v) is 14.0. The van der Waals surface area contributed by atoms with Crippen molar-refractivity contribution >= 4 is 28.5 Å². The molecule has 0 spiro atoms. The van der Waals surface area contributed by atoms with E-state index in [2.05, 4.69) is 10.6 Å². The second-order valence-electron chi connectivity index (χ2n) is 10.5. The first-order chi connectivity index (χ1) is 21.3. The summed E-state index contributed by atoms with van der Waals surface area (Å²) in [6.45, 7) is 0. The zero-order valence-electron chi connectivity index (χ0n) is 24.3.